The highest BCUT2D eigenvalue weighted by Crippen LogP contribution is 2.25. The molecule has 2 rings (SSSR count). The van der Waals surface area contributed by atoms with E-state index in [0.717, 1.165) is 25.9 Å². The molecule has 2 heterocycles. The summed E-state index contributed by atoms with van der Waals surface area (Å²) in [5, 5.41) is 6.72. The fourth-order valence-corrected chi connectivity index (χ4v) is 2.51. The average Bonchev–Trinajstić information content (AvgIpc) is 2.85. The van der Waals surface area contributed by atoms with Gasteiger partial charge in [0.15, 0.2) is 5.82 Å². The van der Waals surface area contributed by atoms with Gasteiger partial charge in [0.05, 0.1) is 6.04 Å². The van der Waals surface area contributed by atoms with Crippen molar-refractivity contribution in [2.45, 2.75) is 39.7 Å². The lowest BCUT2D eigenvalue weighted by Gasteiger charge is -2.33. The van der Waals surface area contributed by atoms with Crippen molar-refractivity contribution in [1.29, 1.82) is 0 Å². The van der Waals surface area contributed by atoms with Crippen LogP contribution in [-0.4, -0.2) is 40.6 Å². The van der Waals surface area contributed by atoms with E-state index in [4.69, 9.17) is 4.52 Å². The first-order valence-electron chi connectivity index (χ1n) is 6.93. The van der Waals surface area contributed by atoms with Crippen molar-refractivity contribution in [3.8, 4) is 0 Å². The van der Waals surface area contributed by atoms with Gasteiger partial charge in [0.2, 0.25) is 11.8 Å². The molecule has 1 aliphatic rings. The zero-order chi connectivity index (χ0) is 13.8. The summed E-state index contributed by atoms with van der Waals surface area (Å²) in [6.45, 7) is 8.33. The van der Waals surface area contributed by atoms with Crippen molar-refractivity contribution in [1.82, 2.24) is 20.4 Å². The molecule has 0 saturated carbocycles. The third kappa shape index (κ3) is 3.32. The van der Waals surface area contributed by atoms with Crippen molar-refractivity contribution < 1.29 is 9.32 Å². The lowest BCUT2D eigenvalue weighted by atomic mass is 9.95. The first-order chi connectivity index (χ1) is 9.11. The van der Waals surface area contributed by atoms with Gasteiger partial charge in [0.1, 0.15) is 0 Å². The maximum absolute atomic E-state index is 11.8. The second-order valence-electron chi connectivity index (χ2n) is 5.06. The second-order valence-corrected chi connectivity index (χ2v) is 5.06. The van der Waals surface area contributed by atoms with Crippen LogP contribution in [0.25, 0.3) is 0 Å². The molecule has 1 N–H and O–H groups in total. The van der Waals surface area contributed by atoms with E-state index in [1.807, 2.05) is 13.8 Å². The van der Waals surface area contributed by atoms with Crippen LogP contribution in [0, 0.1) is 12.8 Å². The number of rotatable bonds is 4. The SMILES string of the molecule is CCNC(=O)C1CCN([C@@H](C)c2nc(C)no2)CC1. The number of likely N-dealkylation sites (tertiary alicyclic amines) is 1. The number of carbonyl (C=O) groups excluding carboxylic acids is 1. The van der Waals surface area contributed by atoms with Crippen LogP contribution in [0.15, 0.2) is 4.52 Å². The molecule has 106 valence electrons. The van der Waals surface area contributed by atoms with Gasteiger partial charge in [-0.05, 0) is 46.7 Å². The van der Waals surface area contributed by atoms with Crippen LogP contribution in [0.5, 0.6) is 0 Å². The quantitative estimate of drug-likeness (QED) is 0.889. The van der Waals surface area contributed by atoms with Gasteiger partial charge in [-0.3, -0.25) is 9.69 Å². The van der Waals surface area contributed by atoms with Crippen molar-refractivity contribution in [3.05, 3.63) is 11.7 Å². The largest absolute Gasteiger partial charge is 0.356 e. The number of carbonyl (C=O) groups is 1. The Bertz CT molecular complexity index is 424. The van der Waals surface area contributed by atoms with Crippen molar-refractivity contribution in [3.63, 3.8) is 0 Å². The zero-order valence-corrected chi connectivity index (χ0v) is 11.8. The normalized spacial score (nSPS) is 19.3. The van der Waals surface area contributed by atoms with E-state index >= 15 is 0 Å². The number of nitrogens with one attached hydrogen (secondary N) is 1. The molecule has 1 amide bonds. The maximum Gasteiger partial charge on any atom is 0.243 e. The molecular weight excluding hydrogens is 244 g/mol. The predicted octanol–water partition coefficient (Wildman–Crippen LogP) is 1.29. The average molecular weight is 266 g/mol. The molecule has 6 heteroatoms. The van der Waals surface area contributed by atoms with E-state index < -0.39 is 0 Å². The summed E-state index contributed by atoms with van der Waals surface area (Å²) in [5.41, 5.74) is 0. The molecule has 0 aliphatic carbocycles. The van der Waals surface area contributed by atoms with Gasteiger partial charge >= 0.3 is 0 Å². The van der Waals surface area contributed by atoms with E-state index in [1.54, 1.807) is 0 Å². The fourth-order valence-electron chi connectivity index (χ4n) is 2.51. The number of aromatic nitrogens is 2. The molecule has 1 atom stereocenters. The molecule has 0 aromatic carbocycles. The van der Waals surface area contributed by atoms with Crippen LogP contribution in [0.4, 0.5) is 0 Å². The van der Waals surface area contributed by atoms with E-state index in [2.05, 4.69) is 27.3 Å². The molecule has 1 aromatic rings. The molecule has 1 fully saturated rings. The van der Waals surface area contributed by atoms with E-state index in [-0.39, 0.29) is 17.9 Å². The minimum Gasteiger partial charge on any atom is -0.356 e. The standard InChI is InChI=1S/C13H22N4O2/c1-4-14-12(18)11-5-7-17(8-6-11)9(2)13-15-10(3)16-19-13/h9,11H,4-8H2,1-3H3,(H,14,18)/t9-/m0/s1. The summed E-state index contributed by atoms with van der Waals surface area (Å²) in [6, 6.07) is 0.122. The minimum atomic E-state index is 0.122. The number of piperidine rings is 1. The molecule has 1 saturated heterocycles. The summed E-state index contributed by atoms with van der Waals surface area (Å²) < 4.78 is 5.21. The number of aryl methyl sites for hydroxylation is 1. The Kier molecular flexibility index (Phi) is 4.52. The summed E-state index contributed by atoms with van der Waals surface area (Å²) in [6.07, 6.45) is 1.78. The summed E-state index contributed by atoms with van der Waals surface area (Å²) in [5.74, 6) is 1.66. The third-order valence-electron chi connectivity index (χ3n) is 3.70. The number of nitrogens with zero attached hydrogens (tertiary/aromatic N) is 3. The Morgan fingerprint density at radius 1 is 1.53 bits per heavy atom. The number of hydrogen-bond acceptors (Lipinski definition) is 5. The summed E-state index contributed by atoms with van der Waals surface area (Å²) in [4.78, 5) is 18.3. The number of hydrogen-bond donors (Lipinski definition) is 1. The summed E-state index contributed by atoms with van der Waals surface area (Å²) >= 11 is 0. The maximum atomic E-state index is 11.8. The lowest BCUT2D eigenvalue weighted by Crippen LogP contribution is -2.41. The molecule has 0 spiro atoms. The van der Waals surface area contributed by atoms with Crippen molar-refractivity contribution >= 4 is 5.91 Å². The molecule has 1 aromatic heterocycles. The highest BCUT2D eigenvalue weighted by molar-refractivity contribution is 5.78. The van der Waals surface area contributed by atoms with Gasteiger partial charge in [0, 0.05) is 12.5 Å². The first kappa shape index (κ1) is 14.0. The van der Waals surface area contributed by atoms with Crippen molar-refractivity contribution in [2.75, 3.05) is 19.6 Å². The van der Waals surface area contributed by atoms with Gasteiger partial charge in [-0.2, -0.15) is 4.98 Å². The van der Waals surface area contributed by atoms with E-state index in [9.17, 15) is 4.79 Å². The van der Waals surface area contributed by atoms with Crippen LogP contribution in [0.2, 0.25) is 0 Å². The molecule has 0 radical (unpaired) electrons. The molecule has 6 nitrogen and oxygen atoms in total. The van der Waals surface area contributed by atoms with Crippen molar-refractivity contribution in [2.24, 2.45) is 5.92 Å². The van der Waals surface area contributed by atoms with Gasteiger partial charge in [-0.25, -0.2) is 0 Å². The Labute approximate surface area is 113 Å². The van der Waals surface area contributed by atoms with E-state index in [1.165, 1.54) is 0 Å². The molecular formula is C13H22N4O2. The lowest BCUT2D eigenvalue weighted by molar-refractivity contribution is -0.126. The van der Waals surface area contributed by atoms with Gasteiger partial charge < -0.3 is 9.84 Å². The Hall–Kier alpha value is -1.43. The molecule has 0 bridgehead atoms. The van der Waals surface area contributed by atoms with Crippen LogP contribution in [-0.2, 0) is 4.79 Å². The van der Waals surface area contributed by atoms with Crippen LogP contribution < -0.4 is 5.32 Å². The van der Waals surface area contributed by atoms with Gasteiger partial charge in [-0.15, -0.1) is 0 Å². The Morgan fingerprint density at radius 3 is 2.74 bits per heavy atom. The topological polar surface area (TPSA) is 71.3 Å². The Balaban J connectivity index is 1.87. The smallest absolute Gasteiger partial charge is 0.243 e. The Morgan fingerprint density at radius 2 is 2.21 bits per heavy atom. The molecule has 1 aliphatic heterocycles. The molecule has 0 unspecified atom stereocenters. The first-order valence-corrected chi connectivity index (χ1v) is 6.93. The zero-order valence-electron chi connectivity index (χ0n) is 11.8. The predicted molar refractivity (Wildman–Crippen MR) is 70.4 cm³/mol. The second kappa shape index (κ2) is 6.14. The van der Waals surface area contributed by atoms with Crippen LogP contribution >= 0.6 is 0 Å². The van der Waals surface area contributed by atoms with Gasteiger partial charge in [0.25, 0.3) is 0 Å². The highest BCUT2D eigenvalue weighted by Gasteiger charge is 2.29. The monoisotopic (exact) mass is 266 g/mol. The summed E-state index contributed by atoms with van der Waals surface area (Å²) in [7, 11) is 0. The highest BCUT2D eigenvalue weighted by atomic mass is 16.5. The van der Waals surface area contributed by atoms with Crippen LogP contribution in [0.3, 0.4) is 0 Å². The number of amides is 1. The fraction of sp³-hybridized carbons (Fsp3) is 0.769. The van der Waals surface area contributed by atoms with E-state index in [0.29, 0.717) is 18.3 Å². The van der Waals surface area contributed by atoms with Crippen LogP contribution in [0.1, 0.15) is 44.4 Å². The minimum absolute atomic E-state index is 0.122. The van der Waals surface area contributed by atoms with Gasteiger partial charge in [-0.1, -0.05) is 5.16 Å². The third-order valence-corrected chi connectivity index (χ3v) is 3.70. The molecule has 19 heavy (non-hydrogen) atoms.